The van der Waals surface area contributed by atoms with Crippen molar-refractivity contribution in [3.8, 4) is 11.4 Å². The Kier molecular flexibility index (Phi) is 5.46. The highest BCUT2D eigenvalue weighted by atomic mass is 32.2. The monoisotopic (exact) mass is 550 g/mol. The van der Waals surface area contributed by atoms with Crippen LogP contribution in [-0.2, 0) is 39.5 Å². The molecule has 11 heteroatoms. The molecule has 1 fully saturated rings. The maximum atomic E-state index is 15.0. The number of nitrogens with one attached hydrogen (secondary N) is 2. The number of nitrogens with zero attached hydrogens (tertiary/aromatic N) is 2. The molecule has 0 bridgehead atoms. The van der Waals surface area contributed by atoms with Gasteiger partial charge in [-0.05, 0) is 48.9 Å². The summed E-state index contributed by atoms with van der Waals surface area (Å²) >= 11 is 1.67. The van der Waals surface area contributed by atoms with E-state index in [0.717, 1.165) is 28.0 Å². The van der Waals surface area contributed by atoms with Crippen LogP contribution in [0.3, 0.4) is 0 Å². The fraction of sp³-hybridized carbons (Fsp3) is 0.429. The van der Waals surface area contributed by atoms with Crippen LogP contribution in [0.5, 0.6) is 0 Å². The Hall–Kier alpha value is -3.28. The number of benzene rings is 1. The quantitative estimate of drug-likeness (QED) is 0.332. The molecular formula is C28H27FN4O5S. The van der Waals surface area contributed by atoms with Gasteiger partial charge in [0.2, 0.25) is 5.91 Å². The van der Waals surface area contributed by atoms with Crippen LogP contribution in [0, 0.1) is 12.7 Å². The first kappa shape index (κ1) is 24.7. The number of aliphatic hydroxyl groups is 1. The van der Waals surface area contributed by atoms with Crippen molar-refractivity contribution in [1.82, 2.24) is 20.2 Å². The topological polar surface area (TPSA) is 123 Å². The molecule has 0 radical (unpaired) electrons. The summed E-state index contributed by atoms with van der Waals surface area (Å²) in [5.74, 6) is 0.187. The molecule has 1 saturated heterocycles. The molecule has 0 spiro atoms. The molecule has 4 aliphatic rings. The second-order valence-corrected chi connectivity index (χ2v) is 11.7. The summed E-state index contributed by atoms with van der Waals surface area (Å²) in [6.07, 6.45) is 1.23. The van der Waals surface area contributed by atoms with Crippen LogP contribution in [0.1, 0.15) is 59.2 Å². The van der Waals surface area contributed by atoms with Gasteiger partial charge in [-0.25, -0.2) is 14.2 Å². The third-order valence-corrected chi connectivity index (χ3v) is 9.67. The van der Waals surface area contributed by atoms with Crippen LogP contribution in [0.25, 0.3) is 22.3 Å². The SMILES string of the molecule is CC[C@@]1(O)C(=O)OCc2c1cc1n(c2=O)Cc2c-1nc1cc(F)c(C)c3c1c2[C@@H](NC(=O)[C@H]1CSCN1)CC3. The zero-order valence-electron chi connectivity index (χ0n) is 21.5. The average Bonchev–Trinajstić information content (AvgIpc) is 3.59. The van der Waals surface area contributed by atoms with Gasteiger partial charge >= 0.3 is 5.97 Å². The van der Waals surface area contributed by atoms with Gasteiger partial charge in [0.15, 0.2) is 5.60 Å². The second-order valence-electron chi connectivity index (χ2n) is 10.7. The third-order valence-electron chi connectivity index (χ3n) is 8.73. The summed E-state index contributed by atoms with van der Waals surface area (Å²) in [5, 5.41) is 18.4. The summed E-state index contributed by atoms with van der Waals surface area (Å²) in [4.78, 5) is 44.2. The van der Waals surface area contributed by atoms with E-state index in [1.807, 2.05) is 0 Å². The summed E-state index contributed by atoms with van der Waals surface area (Å²) in [5.41, 5.74) is 2.68. The minimum Gasteiger partial charge on any atom is -0.458 e. The van der Waals surface area contributed by atoms with Gasteiger partial charge in [-0.1, -0.05) is 6.92 Å². The standard InChI is InChI=1S/C28H27FN4O5S/c1-3-28(37)16-6-21-24-14(8-33(21)26(35)15(16)9-38-27(28)36)23-18(32-25(34)20-10-39-11-30-20)5-4-13-12(2)17(29)7-19(31-24)22(13)23/h6-7,18,20,30,37H,3-5,8-11H2,1-2H3,(H,32,34)/t18-,20+,28-/m0/s1. The van der Waals surface area contributed by atoms with Gasteiger partial charge < -0.3 is 19.7 Å². The van der Waals surface area contributed by atoms with E-state index in [0.29, 0.717) is 41.1 Å². The Balaban J connectivity index is 1.46. The van der Waals surface area contributed by atoms with Crippen molar-refractivity contribution >= 4 is 34.5 Å². The number of thioether (sulfide) groups is 1. The molecule has 5 heterocycles. The first-order valence-electron chi connectivity index (χ1n) is 13.2. The molecule has 1 aromatic carbocycles. The Labute approximate surface area is 227 Å². The predicted octanol–water partition coefficient (Wildman–Crippen LogP) is 2.29. The molecule has 39 heavy (non-hydrogen) atoms. The van der Waals surface area contributed by atoms with Crippen molar-refractivity contribution in [2.24, 2.45) is 0 Å². The number of carbonyl (C=O) groups excluding carboxylic acids is 2. The van der Waals surface area contributed by atoms with Crippen molar-refractivity contribution in [2.45, 2.75) is 63.9 Å². The van der Waals surface area contributed by atoms with Crippen LogP contribution in [0.15, 0.2) is 16.9 Å². The van der Waals surface area contributed by atoms with Crippen molar-refractivity contribution < 1.29 is 23.8 Å². The number of ether oxygens (including phenoxy) is 1. The molecule has 1 aliphatic carbocycles. The summed E-state index contributed by atoms with van der Waals surface area (Å²) < 4.78 is 21.8. The van der Waals surface area contributed by atoms with E-state index < -0.39 is 11.6 Å². The lowest BCUT2D eigenvalue weighted by atomic mass is 9.81. The van der Waals surface area contributed by atoms with Crippen LogP contribution in [-0.4, -0.2) is 44.2 Å². The van der Waals surface area contributed by atoms with Crippen molar-refractivity contribution in [3.05, 3.63) is 61.7 Å². The Bertz CT molecular complexity index is 1680. The molecule has 7 rings (SSSR count). The zero-order valence-corrected chi connectivity index (χ0v) is 22.3. The first-order valence-corrected chi connectivity index (χ1v) is 14.3. The number of halogens is 1. The molecule has 202 valence electrons. The summed E-state index contributed by atoms with van der Waals surface area (Å²) in [6.45, 7) is 3.42. The second kappa shape index (κ2) is 8.61. The Morgan fingerprint density at radius 1 is 1.33 bits per heavy atom. The van der Waals surface area contributed by atoms with E-state index in [9.17, 15) is 19.5 Å². The maximum absolute atomic E-state index is 15.0. The molecule has 3 N–H and O–H groups in total. The van der Waals surface area contributed by atoms with E-state index in [-0.39, 0.29) is 60.1 Å². The molecule has 3 aromatic rings. The van der Waals surface area contributed by atoms with Crippen LogP contribution in [0.2, 0.25) is 0 Å². The fourth-order valence-electron chi connectivity index (χ4n) is 6.53. The Morgan fingerprint density at radius 3 is 2.90 bits per heavy atom. The molecule has 3 atom stereocenters. The largest absolute Gasteiger partial charge is 0.458 e. The van der Waals surface area contributed by atoms with E-state index in [1.165, 1.54) is 6.07 Å². The van der Waals surface area contributed by atoms with Gasteiger partial charge in [-0.15, -0.1) is 11.8 Å². The highest BCUT2D eigenvalue weighted by molar-refractivity contribution is 7.99. The van der Waals surface area contributed by atoms with Gasteiger partial charge in [0.05, 0.1) is 41.1 Å². The van der Waals surface area contributed by atoms with Crippen LogP contribution < -0.4 is 16.2 Å². The maximum Gasteiger partial charge on any atom is 0.343 e. The molecule has 1 amide bonds. The molecule has 0 saturated carbocycles. The fourth-order valence-corrected chi connectivity index (χ4v) is 7.48. The predicted molar refractivity (Wildman–Crippen MR) is 143 cm³/mol. The highest BCUT2D eigenvalue weighted by Gasteiger charge is 2.46. The number of hydrogen-bond donors (Lipinski definition) is 3. The Morgan fingerprint density at radius 2 is 2.15 bits per heavy atom. The smallest absolute Gasteiger partial charge is 0.343 e. The molecular weight excluding hydrogens is 523 g/mol. The van der Waals surface area contributed by atoms with Gasteiger partial charge in [-0.2, -0.15) is 0 Å². The van der Waals surface area contributed by atoms with Crippen molar-refractivity contribution in [1.29, 1.82) is 0 Å². The van der Waals surface area contributed by atoms with E-state index in [4.69, 9.17) is 9.72 Å². The lowest BCUT2D eigenvalue weighted by Gasteiger charge is -2.31. The number of cyclic esters (lactones) is 1. The van der Waals surface area contributed by atoms with E-state index >= 15 is 4.39 Å². The lowest BCUT2D eigenvalue weighted by molar-refractivity contribution is -0.172. The van der Waals surface area contributed by atoms with Gasteiger partial charge in [0.25, 0.3) is 5.56 Å². The van der Waals surface area contributed by atoms with E-state index in [2.05, 4.69) is 10.6 Å². The van der Waals surface area contributed by atoms with E-state index in [1.54, 1.807) is 36.2 Å². The molecule has 0 unspecified atom stereocenters. The van der Waals surface area contributed by atoms with Crippen molar-refractivity contribution in [2.75, 3.05) is 11.6 Å². The van der Waals surface area contributed by atoms with Gasteiger partial charge in [0.1, 0.15) is 12.4 Å². The average molecular weight is 551 g/mol. The minimum atomic E-state index is -1.94. The number of aryl methyl sites for hydroxylation is 1. The number of aromatic nitrogens is 2. The minimum absolute atomic E-state index is 0.0421. The number of amides is 1. The number of pyridine rings is 2. The highest BCUT2D eigenvalue weighted by Crippen LogP contribution is 2.46. The number of rotatable bonds is 3. The number of esters is 1. The van der Waals surface area contributed by atoms with Gasteiger partial charge in [-0.3, -0.25) is 14.9 Å². The zero-order chi connectivity index (χ0) is 27.2. The molecule has 9 nitrogen and oxygen atoms in total. The first-order chi connectivity index (χ1) is 18.7. The third kappa shape index (κ3) is 3.39. The van der Waals surface area contributed by atoms with Crippen molar-refractivity contribution in [3.63, 3.8) is 0 Å². The normalized spacial score (nSPS) is 24.8. The summed E-state index contributed by atoms with van der Waals surface area (Å²) in [6, 6.07) is 2.45. The molecule has 2 aromatic heterocycles. The van der Waals surface area contributed by atoms with Crippen LogP contribution >= 0.6 is 11.8 Å². The molecule has 3 aliphatic heterocycles. The number of carbonyl (C=O) groups is 2. The number of fused-ring (bicyclic) bond motifs is 5. The van der Waals surface area contributed by atoms with Crippen LogP contribution in [0.4, 0.5) is 4.39 Å². The number of hydrogen-bond acceptors (Lipinski definition) is 8. The lowest BCUT2D eigenvalue weighted by Crippen LogP contribution is -2.44. The summed E-state index contributed by atoms with van der Waals surface area (Å²) in [7, 11) is 0. The van der Waals surface area contributed by atoms with Gasteiger partial charge in [0, 0.05) is 34.2 Å².